The second kappa shape index (κ2) is 6.40. The first kappa shape index (κ1) is 14.9. The SMILES string of the molecule is OC1CCN(Cc2ccc(-c3nc(CCl)cs3)cc2F)C1. The first-order valence-corrected chi connectivity index (χ1v) is 8.26. The molecule has 3 rings (SSSR count). The Morgan fingerprint density at radius 1 is 1.48 bits per heavy atom. The Labute approximate surface area is 132 Å². The van der Waals surface area contributed by atoms with Gasteiger partial charge in [-0.05, 0) is 12.5 Å². The number of nitrogens with zero attached hydrogens (tertiary/aromatic N) is 2. The largest absolute Gasteiger partial charge is 0.392 e. The number of hydrogen-bond donors (Lipinski definition) is 1. The van der Waals surface area contributed by atoms with Crippen molar-refractivity contribution in [1.29, 1.82) is 0 Å². The second-order valence-corrected chi connectivity index (χ2v) is 6.39. The van der Waals surface area contributed by atoms with Crippen LogP contribution in [0.4, 0.5) is 4.39 Å². The molecule has 21 heavy (non-hydrogen) atoms. The van der Waals surface area contributed by atoms with Crippen molar-refractivity contribution in [3.05, 3.63) is 40.7 Å². The van der Waals surface area contributed by atoms with Crippen LogP contribution in [0, 0.1) is 5.82 Å². The summed E-state index contributed by atoms with van der Waals surface area (Å²) in [7, 11) is 0. The van der Waals surface area contributed by atoms with E-state index in [1.807, 2.05) is 11.4 Å². The van der Waals surface area contributed by atoms with Gasteiger partial charge < -0.3 is 5.11 Å². The van der Waals surface area contributed by atoms with E-state index in [4.69, 9.17) is 11.6 Å². The molecule has 0 amide bonds. The molecule has 1 aromatic heterocycles. The third-order valence-electron chi connectivity index (χ3n) is 3.63. The highest BCUT2D eigenvalue weighted by molar-refractivity contribution is 7.13. The third-order valence-corrected chi connectivity index (χ3v) is 4.84. The number of thiazole rings is 1. The summed E-state index contributed by atoms with van der Waals surface area (Å²) in [4.78, 5) is 6.43. The van der Waals surface area contributed by atoms with Crippen molar-refractivity contribution < 1.29 is 9.50 Å². The molecule has 0 radical (unpaired) electrons. The minimum atomic E-state index is -0.281. The van der Waals surface area contributed by atoms with Gasteiger partial charge in [0.1, 0.15) is 10.8 Å². The van der Waals surface area contributed by atoms with E-state index in [9.17, 15) is 9.50 Å². The normalized spacial score (nSPS) is 19.3. The Kier molecular flexibility index (Phi) is 4.54. The monoisotopic (exact) mass is 326 g/mol. The highest BCUT2D eigenvalue weighted by atomic mass is 35.5. The predicted octanol–water partition coefficient (Wildman–Crippen LogP) is 3.25. The van der Waals surface area contributed by atoms with Gasteiger partial charge in [0.2, 0.25) is 0 Å². The molecule has 1 saturated heterocycles. The fraction of sp³-hybridized carbons (Fsp3) is 0.400. The highest BCUT2D eigenvalue weighted by Gasteiger charge is 2.21. The highest BCUT2D eigenvalue weighted by Crippen LogP contribution is 2.27. The Balaban J connectivity index is 1.76. The van der Waals surface area contributed by atoms with Crippen LogP contribution >= 0.6 is 22.9 Å². The number of aliphatic hydroxyl groups is 1. The van der Waals surface area contributed by atoms with E-state index < -0.39 is 0 Å². The number of aliphatic hydroxyl groups excluding tert-OH is 1. The molecule has 1 unspecified atom stereocenters. The molecule has 1 N–H and O–H groups in total. The van der Waals surface area contributed by atoms with Crippen LogP contribution < -0.4 is 0 Å². The number of β-amino-alcohol motifs (C(OH)–C–C–N with tert-alkyl or cyclic N) is 1. The number of benzene rings is 1. The van der Waals surface area contributed by atoms with Crippen molar-refractivity contribution >= 4 is 22.9 Å². The summed E-state index contributed by atoms with van der Waals surface area (Å²) in [6.45, 7) is 1.97. The molecule has 0 spiro atoms. The van der Waals surface area contributed by atoms with Gasteiger partial charge in [0.25, 0.3) is 0 Å². The molecule has 2 heterocycles. The number of halogens is 2. The summed E-state index contributed by atoms with van der Waals surface area (Å²) >= 11 is 7.20. The third kappa shape index (κ3) is 3.43. The zero-order chi connectivity index (χ0) is 14.8. The van der Waals surface area contributed by atoms with Gasteiger partial charge in [-0.25, -0.2) is 9.37 Å². The van der Waals surface area contributed by atoms with E-state index in [2.05, 4.69) is 9.88 Å². The minimum absolute atomic E-state index is 0.225. The number of aromatic nitrogens is 1. The smallest absolute Gasteiger partial charge is 0.128 e. The van der Waals surface area contributed by atoms with Crippen molar-refractivity contribution in [2.75, 3.05) is 13.1 Å². The van der Waals surface area contributed by atoms with Crippen molar-refractivity contribution in [1.82, 2.24) is 9.88 Å². The zero-order valence-corrected chi connectivity index (χ0v) is 13.0. The maximum Gasteiger partial charge on any atom is 0.128 e. The van der Waals surface area contributed by atoms with Gasteiger partial charge in [0, 0.05) is 36.1 Å². The lowest BCUT2D eigenvalue weighted by Gasteiger charge is -2.15. The van der Waals surface area contributed by atoms with Crippen LogP contribution in [-0.4, -0.2) is 34.2 Å². The Morgan fingerprint density at radius 3 is 2.95 bits per heavy atom. The lowest BCUT2D eigenvalue weighted by molar-refractivity contribution is 0.174. The molecule has 112 valence electrons. The first-order valence-electron chi connectivity index (χ1n) is 6.85. The van der Waals surface area contributed by atoms with Crippen LogP contribution in [-0.2, 0) is 12.4 Å². The molecule has 0 saturated carbocycles. The molecule has 1 atom stereocenters. The van der Waals surface area contributed by atoms with E-state index in [1.165, 1.54) is 17.4 Å². The van der Waals surface area contributed by atoms with Gasteiger partial charge in [0.05, 0.1) is 17.7 Å². The molecular formula is C15H16ClFN2OS. The standard InChI is InChI=1S/C15H16ClFN2OS/c16-6-12-9-21-15(18-12)10-1-2-11(14(17)5-10)7-19-4-3-13(20)8-19/h1-2,5,9,13,20H,3-4,6-8H2. The Morgan fingerprint density at radius 2 is 2.33 bits per heavy atom. The van der Waals surface area contributed by atoms with E-state index in [1.54, 1.807) is 6.07 Å². The van der Waals surface area contributed by atoms with Crippen molar-refractivity contribution in [3.63, 3.8) is 0 Å². The number of hydrogen-bond acceptors (Lipinski definition) is 4. The molecule has 1 fully saturated rings. The maximum atomic E-state index is 14.2. The molecule has 1 aliphatic rings. The van der Waals surface area contributed by atoms with Gasteiger partial charge in [-0.1, -0.05) is 12.1 Å². The van der Waals surface area contributed by atoms with Crippen molar-refractivity contribution in [2.24, 2.45) is 0 Å². The summed E-state index contributed by atoms with van der Waals surface area (Å²) < 4.78 is 14.2. The fourth-order valence-electron chi connectivity index (χ4n) is 2.51. The summed E-state index contributed by atoms with van der Waals surface area (Å²) in [6, 6.07) is 5.22. The van der Waals surface area contributed by atoms with E-state index in [0.29, 0.717) is 24.5 Å². The molecule has 0 aliphatic carbocycles. The summed E-state index contributed by atoms with van der Waals surface area (Å²) in [5.74, 6) is 0.144. The molecule has 6 heteroatoms. The van der Waals surface area contributed by atoms with Crippen molar-refractivity contribution in [3.8, 4) is 10.6 Å². The fourth-order valence-corrected chi connectivity index (χ4v) is 3.55. The molecule has 0 bridgehead atoms. The van der Waals surface area contributed by atoms with Crippen LogP contribution in [0.2, 0.25) is 0 Å². The van der Waals surface area contributed by atoms with Crippen LogP contribution in [0.1, 0.15) is 17.7 Å². The topological polar surface area (TPSA) is 36.4 Å². The average molecular weight is 327 g/mol. The number of alkyl halides is 1. The van der Waals surface area contributed by atoms with E-state index in [-0.39, 0.29) is 11.9 Å². The summed E-state index contributed by atoms with van der Waals surface area (Å²) in [5.41, 5.74) is 2.24. The summed E-state index contributed by atoms with van der Waals surface area (Å²) in [5, 5.41) is 12.2. The quantitative estimate of drug-likeness (QED) is 0.876. The van der Waals surface area contributed by atoms with Gasteiger partial charge >= 0.3 is 0 Å². The number of rotatable bonds is 4. The predicted molar refractivity (Wildman–Crippen MR) is 83.0 cm³/mol. The lowest BCUT2D eigenvalue weighted by Crippen LogP contribution is -2.22. The van der Waals surface area contributed by atoms with Crippen LogP contribution in [0.3, 0.4) is 0 Å². The molecule has 2 aromatic rings. The minimum Gasteiger partial charge on any atom is -0.392 e. The Hall–Kier alpha value is -1.01. The van der Waals surface area contributed by atoms with E-state index in [0.717, 1.165) is 29.2 Å². The van der Waals surface area contributed by atoms with Crippen molar-refractivity contribution in [2.45, 2.75) is 24.9 Å². The average Bonchev–Trinajstić information content (AvgIpc) is 3.10. The van der Waals surface area contributed by atoms with Crippen LogP contribution in [0.5, 0.6) is 0 Å². The van der Waals surface area contributed by atoms with Gasteiger partial charge in [0.15, 0.2) is 0 Å². The Bertz CT molecular complexity index is 634. The van der Waals surface area contributed by atoms with E-state index >= 15 is 0 Å². The second-order valence-electron chi connectivity index (χ2n) is 5.26. The molecule has 1 aliphatic heterocycles. The zero-order valence-electron chi connectivity index (χ0n) is 11.4. The molecular weight excluding hydrogens is 311 g/mol. The number of likely N-dealkylation sites (tertiary alicyclic amines) is 1. The summed E-state index contributed by atoms with van der Waals surface area (Å²) in [6.07, 6.45) is 0.483. The first-order chi connectivity index (χ1) is 10.2. The molecule has 1 aromatic carbocycles. The van der Waals surface area contributed by atoms with Gasteiger partial charge in [-0.2, -0.15) is 0 Å². The maximum absolute atomic E-state index is 14.2. The van der Waals surface area contributed by atoms with Gasteiger partial charge in [-0.3, -0.25) is 4.90 Å². The van der Waals surface area contributed by atoms with Gasteiger partial charge in [-0.15, -0.1) is 22.9 Å². The van der Waals surface area contributed by atoms with Crippen LogP contribution in [0.15, 0.2) is 23.6 Å². The molecule has 3 nitrogen and oxygen atoms in total. The van der Waals surface area contributed by atoms with Crippen LogP contribution in [0.25, 0.3) is 10.6 Å². The lowest BCUT2D eigenvalue weighted by atomic mass is 10.1.